The van der Waals surface area contributed by atoms with Gasteiger partial charge in [-0.2, -0.15) is 0 Å². The number of rotatable bonds is 2. The molecule has 0 spiro atoms. The lowest BCUT2D eigenvalue weighted by Gasteiger charge is -2.35. The Kier molecular flexibility index (Phi) is 4.91. The van der Waals surface area contributed by atoms with Crippen LogP contribution < -0.4 is 0 Å². The minimum Gasteiger partial charge on any atom is -0.474 e. The Labute approximate surface area is 116 Å². The normalized spacial score (nSPS) is 20.8. The third kappa shape index (κ3) is 3.67. The molecule has 8 heteroatoms. The molecule has 0 bridgehead atoms. The molecule has 0 aromatic carbocycles. The Morgan fingerprint density at radius 2 is 1.45 bits per heavy atom. The van der Waals surface area contributed by atoms with Crippen LogP contribution in [0.3, 0.4) is 0 Å². The second-order valence-electron chi connectivity index (χ2n) is 4.87. The molecular formula is C12H19N3O5. The number of carboxylic acids is 1. The SMILES string of the molecule is O=C(O)C(=O)N1CCN(C(=O)CN2CCOCC2)CC1. The van der Waals surface area contributed by atoms with Gasteiger partial charge in [0.05, 0.1) is 19.8 Å². The molecule has 20 heavy (non-hydrogen) atoms. The number of amides is 2. The lowest BCUT2D eigenvalue weighted by Crippen LogP contribution is -2.54. The highest BCUT2D eigenvalue weighted by Crippen LogP contribution is 2.05. The molecule has 2 fully saturated rings. The first-order valence-electron chi connectivity index (χ1n) is 6.68. The van der Waals surface area contributed by atoms with Crippen LogP contribution in [0.1, 0.15) is 0 Å². The van der Waals surface area contributed by atoms with Crippen molar-refractivity contribution in [3.8, 4) is 0 Å². The lowest BCUT2D eigenvalue weighted by molar-refractivity contribution is -0.157. The maximum absolute atomic E-state index is 12.1. The Balaban J connectivity index is 1.76. The van der Waals surface area contributed by atoms with E-state index in [2.05, 4.69) is 0 Å². The monoisotopic (exact) mass is 285 g/mol. The van der Waals surface area contributed by atoms with E-state index in [0.29, 0.717) is 32.8 Å². The van der Waals surface area contributed by atoms with E-state index in [9.17, 15) is 14.4 Å². The average molecular weight is 285 g/mol. The molecule has 0 atom stereocenters. The van der Waals surface area contributed by atoms with Gasteiger partial charge in [0, 0.05) is 39.3 Å². The quantitative estimate of drug-likeness (QED) is 0.595. The van der Waals surface area contributed by atoms with Crippen LogP contribution >= 0.6 is 0 Å². The molecule has 0 aliphatic carbocycles. The Bertz CT molecular complexity index is 387. The number of carboxylic acid groups (broad SMARTS) is 1. The Hall–Kier alpha value is -1.67. The zero-order valence-electron chi connectivity index (χ0n) is 11.3. The van der Waals surface area contributed by atoms with E-state index in [1.54, 1.807) is 4.90 Å². The van der Waals surface area contributed by atoms with Crippen LogP contribution in [0, 0.1) is 0 Å². The minimum atomic E-state index is -1.45. The number of carbonyl (C=O) groups is 3. The van der Waals surface area contributed by atoms with Crippen molar-refractivity contribution >= 4 is 17.8 Å². The summed E-state index contributed by atoms with van der Waals surface area (Å²) in [5.41, 5.74) is 0. The fourth-order valence-corrected chi connectivity index (χ4v) is 2.34. The van der Waals surface area contributed by atoms with Gasteiger partial charge in [0.2, 0.25) is 5.91 Å². The van der Waals surface area contributed by atoms with E-state index < -0.39 is 11.9 Å². The molecule has 2 heterocycles. The minimum absolute atomic E-state index is 0.0225. The summed E-state index contributed by atoms with van der Waals surface area (Å²) in [4.78, 5) is 39.0. The highest BCUT2D eigenvalue weighted by molar-refractivity contribution is 6.31. The number of aliphatic carboxylic acids is 1. The molecule has 2 aliphatic rings. The predicted molar refractivity (Wildman–Crippen MR) is 68.1 cm³/mol. The van der Waals surface area contributed by atoms with Crippen molar-refractivity contribution in [3.63, 3.8) is 0 Å². The summed E-state index contributed by atoms with van der Waals surface area (Å²) in [5.74, 6) is -2.32. The largest absolute Gasteiger partial charge is 0.474 e. The van der Waals surface area contributed by atoms with Crippen LogP contribution in [-0.4, -0.2) is 96.6 Å². The summed E-state index contributed by atoms with van der Waals surface area (Å²) in [6, 6.07) is 0. The molecular weight excluding hydrogens is 266 g/mol. The Morgan fingerprint density at radius 1 is 0.900 bits per heavy atom. The third-order valence-corrected chi connectivity index (χ3v) is 3.57. The van der Waals surface area contributed by atoms with Crippen LogP contribution in [0.4, 0.5) is 0 Å². The first-order valence-corrected chi connectivity index (χ1v) is 6.68. The first-order chi connectivity index (χ1) is 9.58. The molecule has 2 amide bonds. The van der Waals surface area contributed by atoms with Crippen molar-refractivity contribution in [1.29, 1.82) is 0 Å². The van der Waals surface area contributed by atoms with Crippen molar-refractivity contribution in [2.75, 3.05) is 59.0 Å². The standard InChI is InChI=1S/C12H19N3O5/c16-10(9-13-5-7-20-8-6-13)14-1-3-15(4-2-14)11(17)12(18)19/h1-9H2,(H,18,19). The van der Waals surface area contributed by atoms with Gasteiger partial charge in [0.15, 0.2) is 0 Å². The van der Waals surface area contributed by atoms with Crippen LogP contribution in [0.15, 0.2) is 0 Å². The van der Waals surface area contributed by atoms with E-state index in [1.807, 2.05) is 4.90 Å². The molecule has 1 N–H and O–H groups in total. The number of piperazine rings is 1. The van der Waals surface area contributed by atoms with Gasteiger partial charge >= 0.3 is 11.9 Å². The molecule has 0 radical (unpaired) electrons. The number of hydrogen-bond donors (Lipinski definition) is 1. The van der Waals surface area contributed by atoms with E-state index in [0.717, 1.165) is 13.1 Å². The molecule has 112 valence electrons. The van der Waals surface area contributed by atoms with Crippen molar-refractivity contribution in [1.82, 2.24) is 14.7 Å². The van der Waals surface area contributed by atoms with Gasteiger partial charge in [0.1, 0.15) is 0 Å². The second-order valence-corrected chi connectivity index (χ2v) is 4.87. The van der Waals surface area contributed by atoms with Crippen molar-refractivity contribution in [2.45, 2.75) is 0 Å². The second kappa shape index (κ2) is 6.67. The maximum Gasteiger partial charge on any atom is 0.394 e. The van der Waals surface area contributed by atoms with Crippen LogP contribution in [-0.2, 0) is 19.1 Å². The molecule has 0 aromatic rings. The molecule has 2 aliphatic heterocycles. The summed E-state index contributed by atoms with van der Waals surface area (Å²) in [5, 5.41) is 8.64. The molecule has 8 nitrogen and oxygen atoms in total. The van der Waals surface area contributed by atoms with Crippen molar-refractivity contribution < 1.29 is 24.2 Å². The van der Waals surface area contributed by atoms with E-state index in [4.69, 9.17) is 9.84 Å². The third-order valence-electron chi connectivity index (χ3n) is 3.57. The zero-order chi connectivity index (χ0) is 14.5. The summed E-state index contributed by atoms with van der Waals surface area (Å²) in [6.07, 6.45) is 0. The summed E-state index contributed by atoms with van der Waals surface area (Å²) < 4.78 is 5.22. The highest BCUT2D eigenvalue weighted by Gasteiger charge is 2.28. The molecule has 2 rings (SSSR count). The van der Waals surface area contributed by atoms with Crippen LogP contribution in [0.2, 0.25) is 0 Å². The average Bonchev–Trinajstić information content (AvgIpc) is 2.47. The van der Waals surface area contributed by atoms with Gasteiger partial charge in [0.25, 0.3) is 0 Å². The van der Waals surface area contributed by atoms with E-state index in [1.165, 1.54) is 4.90 Å². The number of morpholine rings is 1. The summed E-state index contributed by atoms with van der Waals surface area (Å²) >= 11 is 0. The molecule has 0 unspecified atom stereocenters. The van der Waals surface area contributed by atoms with E-state index >= 15 is 0 Å². The van der Waals surface area contributed by atoms with Gasteiger partial charge in [-0.15, -0.1) is 0 Å². The summed E-state index contributed by atoms with van der Waals surface area (Å²) in [6.45, 7) is 4.50. The van der Waals surface area contributed by atoms with E-state index in [-0.39, 0.29) is 19.0 Å². The van der Waals surface area contributed by atoms with Gasteiger partial charge in [-0.05, 0) is 0 Å². The van der Waals surface area contributed by atoms with Gasteiger partial charge in [-0.1, -0.05) is 0 Å². The summed E-state index contributed by atoms with van der Waals surface area (Å²) in [7, 11) is 0. The number of hydrogen-bond acceptors (Lipinski definition) is 5. The van der Waals surface area contributed by atoms with Gasteiger partial charge in [-0.25, -0.2) is 4.79 Å². The first kappa shape index (κ1) is 14.7. The molecule has 2 saturated heterocycles. The van der Waals surface area contributed by atoms with Gasteiger partial charge < -0.3 is 19.6 Å². The van der Waals surface area contributed by atoms with Crippen molar-refractivity contribution in [3.05, 3.63) is 0 Å². The maximum atomic E-state index is 12.1. The smallest absolute Gasteiger partial charge is 0.394 e. The Morgan fingerprint density at radius 3 is 2.00 bits per heavy atom. The molecule has 0 aromatic heterocycles. The topological polar surface area (TPSA) is 90.4 Å². The van der Waals surface area contributed by atoms with Gasteiger partial charge in [-0.3, -0.25) is 14.5 Å². The van der Waals surface area contributed by atoms with Crippen LogP contribution in [0.25, 0.3) is 0 Å². The molecule has 0 saturated carbocycles. The number of nitrogens with zero attached hydrogens (tertiary/aromatic N) is 3. The zero-order valence-corrected chi connectivity index (χ0v) is 11.3. The fraction of sp³-hybridized carbons (Fsp3) is 0.750. The predicted octanol–water partition coefficient (Wildman–Crippen LogP) is -1.93. The van der Waals surface area contributed by atoms with Crippen molar-refractivity contribution in [2.24, 2.45) is 0 Å². The number of ether oxygens (including phenoxy) is 1. The highest BCUT2D eigenvalue weighted by atomic mass is 16.5. The fourth-order valence-electron chi connectivity index (χ4n) is 2.34. The van der Waals surface area contributed by atoms with Crippen LogP contribution in [0.5, 0.6) is 0 Å². The number of carbonyl (C=O) groups excluding carboxylic acids is 2. The lowest BCUT2D eigenvalue weighted by atomic mass is 10.3.